The quantitative estimate of drug-likeness (QED) is 0.250. The average molecular weight is 630 g/mol. The number of nitrogens with one attached hydrogen (secondary N) is 1. The summed E-state index contributed by atoms with van der Waals surface area (Å²) in [7, 11) is -1.21. The van der Waals surface area contributed by atoms with E-state index < -0.39 is 28.5 Å². The zero-order valence-electron chi connectivity index (χ0n) is 25.5. The molecule has 3 aromatic carbocycles. The summed E-state index contributed by atoms with van der Waals surface area (Å²) < 4.78 is 39.6. The summed E-state index contributed by atoms with van der Waals surface area (Å²) >= 11 is 6.39. The summed E-state index contributed by atoms with van der Waals surface area (Å²) in [6.45, 7) is 7.04. The van der Waals surface area contributed by atoms with Gasteiger partial charge in [-0.25, -0.2) is 8.42 Å². The average Bonchev–Trinajstić information content (AvgIpc) is 2.99. The van der Waals surface area contributed by atoms with Gasteiger partial charge in [0.05, 0.1) is 29.8 Å². The molecule has 0 unspecified atom stereocenters. The first-order chi connectivity index (χ1) is 20.4. The van der Waals surface area contributed by atoms with Crippen LogP contribution in [0.2, 0.25) is 5.02 Å². The van der Waals surface area contributed by atoms with Crippen molar-refractivity contribution in [3.8, 4) is 11.5 Å². The van der Waals surface area contributed by atoms with E-state index in [0.29, 0.717) is 17.9 Å². The summed E-state index contributed by atoms with van der Waals surface area (Å²) in [5.41, 5.74) is 1.82. The zero-order valence-corrected chi connectivity index (χ0v) is 27.0. The van der Waals surface area contributed by atoms with E-state index in [1.165, 1.54) is 36.3 Å². The minimum atomic E-state index is -4.22. The molecule has 43 heavy (non-hydrogen) atoms. The number of methoxy groups -OCH3 is 2. The van der Waals surface area contributed by atoms with E-state index in [0.717, 1.165) is 21.9 Å². The van der Waals surface area contributed by atoms with Gasteiger partial charge in [0, 0.05) is 12.6 Å². The summed E-state index contributed by atoms with van der Waals surface area (Å²) in [6, 6.07) is 17.1. The van der Waals surface area contributed by atoms with Crippen LogP contribution < -0.4 is 19.1 Å². The highest BCUT2D eigenvalue weighted by molar-refractivity contribution is 7.92. The molecule has 1 N–H and O–H groups in total. The summed E-state index contributed by atoms with van der Waals surface area (Å²) in [5.74, 6) is 0.150. The first kappa shape index (κ1) is 33.7. The van der Waals surface area contributed by atoms with Crippen LogP contribution in [-0.4, -0.2) is 58.0 Å². The molecule has 2 amide bonds. The SMILES string of the molecule is CC[C@@H](C)NC(=O)[C@H](CC)N(Cc1ccc(OC)cc1)C(=O)CN(c1ccc(OC)c(Cl)c1)S(=O)(=O)c1ccc(C)cc1. The number of nitrogens with zero attached hydrogens (tertiary/aromatic N) is 2. The number of benzene rings is 3. The standard InChI is InChI=1S/C32H40ClN3O6S/c1-7-23(4)34-32(38)29(8-2)35(20-24-11-14-26(41-5)15-12-24)31(37)21-36(25-13-18-30(42-6)28(33)19-25)43(39,40)27-16-9-22(3)10-17-27/h9-19,23,29H,7-8,20-21H2,1-6H3,(H,34,38)/t23-,29+/m1/s1. The Labute approximate surface area is 259 Å². The highest BCUT2D eigenvalue weighted by Gasteiger charge is 2.34. The lowest BCUT2D eigenvalue weighted by Crippen LogP contribution is -2.53. The Morgan fingerprint density at radius 3 is 2.12 bits per heavy atom. The van der Waals surface area contributed by atoms with Gasteiger partial charge in [0.2, 0.25) is 11.8 Å². The highest BCUT2D eigenvalue weighted by atomic mass is 35.5. The number of sulfonamides is 1. The fourth-order valence-corrected chi connectivity index (χ4v) is 6.12. The maximum Gasteiger partial charge on any atom is 0.264 e. The number of halogens is 1. The number of carbonyl (C=O) groups excluding carboxylic acids is 2. The van der Waals surface area contributed by atoms with Crippen molar-refractivity contribution < 1.29 is 27.5 Å². The Bertz CT molecular complexity index is 1500. The van der Waals surface area contributed by atoms with Crippen LogP contribution in [0, 0.1) is 6.92 Å². The topological polar surface area (TPSA) is 105 Å². The molecule has 232 valence electrons. The molecule has 0 aliphatic carbocycles. The van der Waals surface area contributed by atoms with Crippen LogP contribution in [0.4, 0.5) is 5.69 Å². The third-order valence-corrected chi connectivity index (χ3v) is 9.29. The molecule has 0 saturated heterocycles. The number of hydrogen-bond donors (Lipinski definition) is 1. The van der Waals surface area contributed by atoms with Crippen LogP contribution in [-0.2, 0) is 26.2 Å². The van der Waals surface area contributed by atoms with Crippen molar-refractivity contribution in [1.29, 1.82) is 0 Å². The maximum atomic E-state index is 14.2. The smallest absolute Gasteiger partial charge is 0.264 e. The second-order valence-electron chi connectivity index (χ2n) is 10.3. The molecule has 0 aromatic heterocycles. The fraction of sp³-hybridized carbons (Fsp3) is 0.375. The normalized spacial score (nSPS) is 12.6. The van der Waals surface area contributed by atoms with Crippen molar-refractivity contribution >= 4 is 39.1 Å². The van der Waals surface area contributed by atoms with E-state index in [2.05, 4.69) is 5.32 Å². The van der Waals surface area contributed by atoms with E-state index in [1.54, 1.807) is 37.4 Å². The lowest BCUT2D eigenvalue weighted by molar-refractivity contribution is -0.140. The van der Waals surface area contributed by atoms with Crippen LogP contribution in [0.1, 0.15) is 44.7 Å². The van der Waals surface area contributed by atoms with Gasteiger partial charge in [-0.3, -0.25) is 13.9 Å². The van der Waals surface area contributed by atoms with Gasteiger partial charge in [-0.05, 0) is 74.7 Å². The van der Waals surface area contributed by atoms with Crippen LogP contribution >= 0.6 is 11.6 Å². The largest absolute Gasteiger partial charge is 0.497 e. The van der Waals surface area contributed by atoms with Crippen LogP contribution in [0.15, 0.2) is 71.6 Å². The van der Waals surface area contributed by atoms with Crippen LogP contribution in [0.5, 0.6) is 11.5 Å². The predicted octanol–water partition coefficient (Wildman–Crippen LogP) is 5.58. The lowest BCUT2D eigenvalue weighted by atomic mass is 10.1. The van der Waals surface area contributed by atoms with Crippen molar-refractivity contribution in [1.82, 2.24) is 10.2 Å². The Hall–Kier alpha value is -3.76. The predicted molar refractivity (Wildman–Crippen MR) is 169 cm³/mol. The molecule has 2 atom stereocenters. The van der Waals surface area contributed by atoms with Gasteiger partial charge in [-0.2, -0.15) is 0 Å². The second-order valence-corrected chi connectivity index (χ2v) is 12.5. The molecule has 3 rings (SSSR count). The number of hydrogen-bond acceptors (Lipinski definition) is 6. The Morgan fingerprint density at radius 1 is 0.930 bits per heavy atom. The molecule has 0 radical (unpaired) electrons. The number of amides is 2. The monoisotopic (exact) mass is 629 g/mol. The van der Waals surface area contributed by atoms with Gasteiger partial charge in [0.25, 0.3) is 10.0 Å². The highest BCUT2D eigenvalue weighted by Crippen LogP contribution is 2.32. The maximum absolute atomic E-state index is 14.2. The number of anilines is 1. The molecule has 0 heterocycles. The Morgan fingerprint density at radius 2 is 1.58 bits per heavy atom. The van der Waals surface area contributed by atoms with E-state index in [4.69, 9.17) is 21.1 Å². The van der Waals surface area contributed by atoms with Crippen molar-refractivity contribution in [2.75, 3.05) is 25.1 Å². The summed E-state index contributed by atoms with van der Waals surface area (Å²) in [4.78, 5) is 29.1. The number of aryl methyl sites for hydroxylation is 1. The first-order valence-electron chi connectivity index (χ1n) is 14.1. The van der Waals surface area contributed by atoms with Gasteiger partial charge in [0.1, 0.15) is 24.1 Å². The minimum Gasteiger partial charge on any atom is -0.497 e. The van der Waals surface area contributed by atoms with Crippen molar-refractivity contribution in [2.45, 2.75) is 64.1 Å². The molecule has 0 saturated carbocycles. The molecule has 0 bridgehead atoms. The summed E-state index contributed by atoms with van der Waals surface area (Å²) in [6.07, 6.45) is 1.04. The van der Waals surface area contributed by atoms with Crippen molar-refractivity contribution in [2.24, 2.45) is 0 Å². The molecule has 0 aliphatic heterocycles. The molecule has 9 nitrogen and oxygen atoms in total. The van der Waals surface area contributed by atoms with E-state index >= 15 is 0 Å². The molecule has 0 fully saturated rings. The number of ether oxygens (including phenoxy) is 2. The third kappa shape index (κ3) is 8.42. The summed E-state index contributed by atoms with van der Waals surface area (Å²) in [5, 5.41) is 3.16. The molecule has 0 aliphatic rings. The number of carbonyl (C=O) groups is 2. The zero-order chi connectivity index (χ0) is 31.7. The lowest BCUT2D eigenvalue weighted by Gasteiger charge is -2.33. The van der Waals surface area contributed by atoms with Crippen LogP contribution in [0.25, 0.3) is 0 Å². The minimum absolute atomic E-state index is 0.0149. The van der Waals surface area contributed by atoms with Gasteiger partial charge >= 0.3 is 0 Å². The van der Waals surface area contributed by atoms with Gasteiger partial charge < -0.3 is 19.7 Å². The molecule has 11 heteroatoms. The third-order valence-electron chi connectivity index (χ3n) is 7.21. The molecule has 0 spiro atoms. The first-order valence-corrected chi connectivity index (χ1v) is 15.9. The second kappa shape index (κ2) is 15.1. The Balaban J connectivity index is 2.09. The van der Waals surface area contributed by atoms with Gasteiger partial charge in [0.15, 0.2) is 0 Å². The molecular formula is C32H40ClN3O6S. The van der Waals surface area contributed by atoms with E-state index in [9.17, 15) is 18.0 Å². The molecule has 3 aromatic rings. The van der Waals surface area contributed by atoms with E-state index in [-0.39, 0.29) is 34.1 Å². The number of rotatable bonds is 14. The molecular weight excluding hydrogens is 590 g/mol. The van der Waals surface area contributed by atoms with Crippen molar-refractivity contribution in [3.05, 3.63) is 82.9 Å². The van der Waals surface area contributed by atoms with Crippen LogP contribution in [0.3, 0.4) is 0 Å². The van der Waals surface area contributed by atoms with E-state index in [1.807, 2.05) is 39.8 Å². The van der Waals surface area contributed by atoms with Gasteiger partial charge in [-0.15, -0.1) is 0 Å². The van der Waals surface area contributed by atoms with Gasteiger partial charge in [-0.1, -0.05) is 55.3 Å². The fourth-order valence-electron chi connectivity index (χ4n) is 4.46. The Kier molecular flexibility index (Phi) is 11.9. The van der Waals surface area contributed by atoms with Crippen molar-refractivity contribution in [3.63, 3.8) is 0 Å².